The standard InChI is InChI=1S/C19H14N4O2/c24-18(23-19-21-16-5-1-2-6-17(16)22-19)13-7-9-14(10-8-13)25-15-4-3-11-20-12-15/h1-12H,(H2,21,22,23,24). The highest BCUT2D eigenvalue weighted by atomic mass is 16.5. The van der Waals surface area contributed by atoms with Gasteiger partial charge in [0.25, 0.3) is 5.91 Å². The smallest absolute Gasteiger partial charge is 0.257 e. The first-order valence-corrected chi connectivity index (χ1v) is 7.72. The number of aromatic nitrogens is 3. The van der Waals surface area contributed by atoms with Crippen LogP contribution in [0, 0.1) is 0 Å². The summed E-state index contributed by atoms with van der Waals surface area (Å²) in [6.07, 6.45) is 3.31. The summed E-state index contributed by atoms with van der Waals surface area (Å²) in [4.78, 5) is 23.7. The molecule has 0 unspecified atom stereocenters. The number of fused-ring (bicyclic) bond motifs is 1. The first kappa shape index (κ1) is 14.9. The number of carbonyl (C=O) groups excluding carboxylic acids is 1. The number of hydrogen-bond acceptors (Lipinski definition) is 4. The molecule has 0 spiro atoms. The molecule has 6 heteroatoms. The molecule has 0 bridgehead atoms. The number of nitrogens with zero attached hydrogens (tertiary/aromatic N) is 2. The second-order valence-electron chi connectivity index (χ2n) is 5.37. The van der Waals surface area contributed by atoms with Gasteiger partial charge in [-0.2, -0.15) is 0 Å². The molecule has 0 aliphatic carbocycles. The number of aromatic amines is 1. The van der Waals surface area contributed by atoms with Crippen LogP contribution >= 0.6 is 0 Å². The Balaban J connectivity index is 1.46. The van der Waals surface area contributed by atoms with Crippen molar-refractivity contribution in [1.29, 1.82) is 0 Å². The summed E-state index contributed by atoms with van der Waals surface area (Å²) in [6.45, 7) is 0. The van der Waals surface area contributed by atoms with Gasteiger partial charge >= 0.3 is 0 Å². The molecule has 2 N–H and O–H groups in total. The molecule has 25 heavy (non-hydrogen) atoms. The van der Waals surface area contributed by atoms with Crippen molar-refractivity contribution in [2.45, 2.75) is 0 Å². The van der Waals surface area contributed by atoms with Gasteiger partial charge in [-0.3, -0.25) is 15.1 Å². The third-order valence-electron chi connectivity index (χ3n) is 3.61. The zero-order valence-corrected chi connectivity index (χ0v) is 13.1. The predicted octanol–water partition coefficient (Wildman–Crippen LogP) is 4.00. The maximum Gasteiger partial charge on any atom is 0.257 e. The summed E-state index contributed by atoms with van der Waals surface area (Å²) in [5.41, 5.74) is 2.19. The van der Waals surface area contributed by atoms with E-state index in [1.807, 2.05) is 30.3 Å². The van der Waals surface area contributed by atoms with Crippen molar-refractivity contribution in [2.24, 2.45) is 0 Å². The Bertz CT molecular complexity index is 977. The van der Waals surface area contributed by atoms with Crippen molar-refractivity contribution >= 4 is 22.9 Å². The van der Waals surface area contributed by atoms with Gasteiger partial charge in [-0.15, -0.1) is 0 Å². The third kappa shape index (κ3) is 3.32. The fourth-order valence-electron chi connectivity index (χ4n) is 2.41. The van der Waals surface area contributed by atoms with Crippen LogP contribution in [0.5, 0.6) is 11.5 Å². The van der Waals surface area contributed by atoms with Gasteiger partial charge in [0.15, 0.2) is 0 Å². The number of rotatable bonds is 4. The summed E-state index contributed by atoms with van der Waals surface area (Å²) >= 11 is 0. The van der Waals surface area contributed by atoms with Crippen LogP contribution in [0.3, 0.4) is 0 Å². The van der Waals surface area contributed by atoms with E-state index in [0.29, 0.717) is 23.0 Å². The van der Waals surface area contributed by atoms with Gasteiger partial charge in [-0.05, 0) is 48.5 Å². The molecule has 0 atom stereocenters. The lowest BCUT2D eigenvalue weighted by atomic mass is 10.2. The van der Waals surface area contributed by atoms with Crippen LogP contribution in [0.4, 0.5) is 5.95 Å². The lowest BCUT2D eigenvalue weighted by Crippen LogP contribution is -2.12. The predicted molar refractivity (Wildman–Crippen MR) is 94.8 cm³/mol. The van der Waals surface area contributed by atoms with Gasteiger partial charge in [-0.25, -0.2) is 4.98 Å². The van der Waals surface area contributed by atoms with Crippen LogP contribution < -0.4 is 10.1 Å². The summed E-state index contributed by atoms with van der Waals surface area (Å²) in [6, 6.07) is 18.1. The molecule has 6 nitrogen and oxygen atoms in total. The van der Waals surface area contributed by atoms with Gasteiger partial charge in [0, 0.05) is 11.8 Å². The second-order valence-corrected chi connectivity index (χ2v) is 5.37. The molecule has 0 aliphatic heterocycles. The summed E-state index contributed by atoms with van der Waals surface area (Å²) in [5.74, 6) is 1.45. The number of pyridine rings is 1. The maximum absolute atomic E-state index is 12.3. The zero-order chi connectivity index (χ0) is 17.1. The number of carbonyl (C=O) groups is 1. The number of hydrogen-bond donors (Lipinski definition) is 2. The Hall–Kier alpha value is -3.67. The van der Waals surface area contributed by atoms with Gasteiger partial charge in [0.05, 0.1) is 17.2 Å². The molecule has 0 aliphatic rings. The molecule has 1 amide bonds. The molecule has 4 rings (SSSR count). The number of H-pyrrole nitrogens is 1. The van der Waals surface area contributed by atoms with E-state index in [1.54, 1.807) is 42.7 Å². The van der Waals surface area contributed by atoms with Crippen molar-refractivity contribution in [3.63, 3.8) is 0 Å². The molecule has 122 valence electrons. The van der Waals surface area contributed by atoms with E-state index in [4.69, 9.17) is 4.74 Å². The van der Waals surface area contributed by atoms with Crippen molar-refractivity contribution in [1.82, 2.24) is 15.0 Å². The largest absolute Gasteiger partial charge is 0.456 e. The van der Waals surface area contributed by atoms with Gasteiger partial charge in [-0.1, -0.05) is 12.1 Å². The lowest BCUT2D eigenvalue weighted by molar-refractivity contribution is 0.102. The molecule has 0 saturated heterocycles. The van der Waals surface area contributed by atoms with Crippen LogP contribution in [0.1, 0.15) is 10.4 Å². The van der Waals surface area contributed by atoms with Gasteiger partial charge < -0.3 is 9.72 Å². The minimum Gasteiger partial charge on any atom is -0.456 e. The molecular weight excluding hydrogens is 316 g/mol. The van der Waals surface area contributed by atoms with Crippen molar-refractivity contribution in [3.05, 3.63) is 78.6 Å². The number of para-hydroxylation sites is 2. The van der Waals surface area contributed by atoms with E-state index in [-0.39, 0.29) is 5.91 Å². The molecule has 2 heterocycles. The van der Waals surface area contributed by atoms with Gasteiger partial charge in [0.1, 0.15) is 11.5 Å². The minimum atomic E-state index is -0.244. The number of anilines is 1. The molecule has 2 aromatic heterocycles. The molecule has 2 aromatic carbocycles. The second kappa shape index (κ2) is 6.45. The van der Waals surface area contributed by atoms with E-state index in [1.165, 1.54) is 0 Å². The van der Waals surface area contributed by atoms with E-state index >= 15 is 0 Å². The van der Waals surface area contributed by atoms with E-state index in [0.717, 1.165) is 11.0 Å². The molecule has 0 fully saturated rings. The maximum atomic E-state index is 12.3. The van der Waals surface area contributed by atoms with Crippen molar-refractivity contribution in [3.8, 4) is 11.5 Å². The van der Waals surface area contributed by atoms with E-state index < -0.39 is 0 Å². The quantitative estimate of drug-likeness (QED) is 0.592. The highest BCUT2D eigenvalue weighted by Crippen LogP contribution is 2.21. The Morgan fingerprint density at radius 2 is 1.80 bits per heavy atom. The normalized spacial score (nSPS) is 10.6. The highest BCUT2D eigenvalue weighted by Gasteiger charge is 2.09. The zero-order valence-electron chi connectivity index (χ0n) is 13.1. The number of benzene rings is 2. The monoisotopic (exact) mass is 330 g/mol. The molecule has 4 aromatic rings. The Morgan fingerprint density at radius 1 is 0.960 bits per heavy atom. The summed E-state index contributed by atoms with van der Waals surface area (Å²) in [7, 11) is 0. The first-order chi connectivity index (χ1) is 12.3. The lowest BCUT2D eigenvalue weighted by Gasteiger charge is -2.06. The topological polar surface area (TPSA) is 79.9 Å². The van der Waals surface area contributed by atoms with Crippen LogP contribution in [-0.4, -0.2) is 20.9 Å². The number of imidazole rings is 1. The van der Waals surface area contributed by atoms with Crippen LogP contribution in [0.2, 0.25) is 0 Å². The number of amides is 1. The minimum absolute atomic E-state index is 0.244. The SMILES string of the molecule is O=C(Nc1nc2ccccc2[nH]1)c1ccc(Oc2cccnc2)cc1. The van der Waals surface area contributed by atoms with Crippen molar-refractivity contribution in [2.75, 3.05) is 5.32 Å². The van der Waals surface area contributed by atoms with Crippen LogP contribution in [-0.2, 0) is 0 Å². The van der Waals surface area contributed by atoms with Crippen molar-refractivity contribution < 1.29 is 9.53 Å². The number of ether oxygens (including phenoxy) is 1. The number of nitrogens with one attached hydrogen (secondary N) is 2. The average Bonchev–Trinajstić information content (AvgIpc) is 3.05. The Labute approximate surface area is 143 Å². The molecular formula is C19H14N4O2. The fourth-order valence-corrected chi connectivity index (χ4v) is 2.41. The average molecular weight is 330 g/mol. The van der Waals surface area contributed by atoms with Gasteiger partial charge in [0.2, 0.25) is 5.95 Å². The van der Waals surface area contributed by atoms with E-state index in [9.17, 15) is 4.79 Å². The highest BCUT2D eigenvalue weighted by molar-refractivity contribution is 6.04. The third-order valence-corrected chi connectivity index (χ3v) is 3.61. The molecule has 0 saturated carbocycles. The van der Waals surface area contributed by atoms with Crippen LogP contribution in [0.15, 0.2) is 73.1 Å². The van der Waals surface area contributed by atoms with E-state index in [2.05, 4.69) is 20.3 Å². The Morgan fingerprint density at radius 3 is 2.56 bits per heavy atom. The molecule has 0 radical (unpaired) electrons. The Kier molecular flexibility index (Phi) is 3.84. The summed E-state index contributed by atoms with van der Waals surface area (Å²) < 4.78 is 5.66. The fraction of sp³-hybridized carbons (Fsp3) is 0. The summed E-state index contributed by atoms with van der Waals surface area (Å²) in [5, 5.41) is 2.76. The van der Waals surface area contributed by atoms with Crippen LogP contribution in [0.25, 0.3) is 11.0 Å². The first-order valence-electron chi connectivity index (χ1n) is 7.72.